The summed E-state index contributed by atoms with van der Waals surface area (Å²) in [6.45, 7) is 2.04. The topological polar surface area (TPSA) is 68.0 Å². The molecule has 0 aliphatic heterocycles. The first-order valence-electron chi connectivity index (χ1n) is 7.44. The number of aromatic nitrogens is 1. The Balaban J connectivity index is 1.71. The maximum Gasteiger partial charge on any atom is 0.263 e. The second kappa shape index (κ2) is 7.20. The minimum absolute atomic E-state index is 0.177. The average molecular weight is 473 g/mol. The van der Waals surface area contributed by atoms with Gasteiger partial charge in [0.15, 0.2) is 0 Å². The second-order valence-corrected chi connectivity index (χ2v) is 7.68. The zero-order chi connectivity index (χ0) is 18.1. The maximum absolute atomic E-state index is 13.8. The van der Waals surface area contributed by atoms with Crippen molar-refractivity contribution in [3.63, 3.8) is 0 Å². The van der Waals surface area contributed by atoms with Crippen molar-refractivity contribution in [2.75, 3.05) is 12.3 Å². The SMILES string of the molecule is Cc1ccc2c(N)c(C(=O)NCCc3cc(F)c(I)cc3F)sc2n1. The number of anilines is 1. The third kappa shape index (κ3) is 3.74. The van der Waals surface area contributed by atoms with Crippen LogP contribution >= 0.6 is 33.9 Å². The van der Waals surface area contributed by atoms with Crippen LogP contribution in [0.5, 0.6) is 0 Å². The summed E-state index contributed by atoms with van der Waals surface area (Å²) in [6, 6.07) is 5.97. The molecule has 3 aromatic rings. The van der Waals surface area contributed by atoms with Crippen LogP contribution in [0.4, 0.5) is 14.5 Å². The standard InChI is InChI=1S/C17H14F2IN3OS/c1-8-2-3-10-14(21)15(25-17(10)23-8)16(24)22-5-4-9-6-12(19)13(20)7-11(9)18/h2-3,6-7H,4-5,21H2,1H3,(H,22,24). The lowest BCUT2D eigenvalue weighted by molar-refractivity contribution is 0.0959. The molecule has 0 aliphatic rings. The zero-order valence-corrected chi connectivity index (χ0v) is 16.2. The van der Waals surface area contributed by atoms with Crippen LogP contribution in [0.2, 0.25) is 0 Å². The maximum atomic E-state index is 13.8. The van der Waals surface area contributed by atoms with Crippen LogP contribution in [0.25, 0.3) is 10.2 Å². The van der Waals surface area contributed by atoms with Crippen molar-refractivity contribution >= 4 is 55.7 Å². The molecule has 0 fully saturated rings. The molecular formula is C17H14F2IN3OS. The van der Waals surface area contributed by atoms with Crippen LogP contribution in [0.1, 0.15) is 20.9 Å². The number of nitrogens with one attached hydrogen (secondary N) is 1. The Hall–Kier alpha value is -1.81. The van der Waals surface area contributed by atoms with Gasteiger partial charge in [0, 0.05) is 17.6 Å². The summed E-state index contributed by atoms with van der Waals surface area (Å²) in [7, 11) is 0. The molecule has 25 heavy (non-hydrogen) atoms. The highest BCUT2D eigenvalue weighted by Gasteiger charge is 2.17. The molecule has 0 saturated heterocycles. The minimum Gasteiger partial charge on any atom is -0.397 e. The summed E-state index contributed by atoms with van der Waals surface area (Å²) >= 11 is 2.95. The number of nitrogen functional groups attached to an aromatic ring is 1. The molecule has 0 aliphatic carbocycles. The zero-order valence-electron chi connectivity index (χ0n) is 13.2. The molecule has 8 heteroatoms. The number of carbonyl (C=O) groups is 1. The van der Waals surface area contributed by atoms with Gasteiger partial charge in [-0.15, -0.1) is 11.3 Å². The molecular weight excluding hydrogens is 459 g/mol. The highest BCUT2D eigenvalue weighted by atomic mass is 127. The van der Waals surface area contributed by atoms with Gasteiger partial charge in [0.05, 0.1) is 9.26 Å². The molecule has 4 nitrogen and oxygen atoms in total. The number of hydrogen-bond acceptors (Lipinski definition) is 4. The van der Waals surface area contributed by atoms with Gasteiger partial charge in [-0.2, -0.15) is 0 Å². The van der Waals surface area contributed by atoms with E-state index in [1.54, 1.807) is 22.6 Å². The molecule has 2 aromatic heterocycles. The average Bonchev–Trinajstić information content (AvgIpc) is 2.88. The highest BCUT2D eigenvalue weighted by molar-refractivity contribution is 14.1. The van der Waals surface area contributed by atoms with Gasteiger partial charge >= 0.3 is 0 Å². The van der Waals surface area contributed by atoms with Crippen LogP contribution in [0, 0.1) is 22.1 Å². The van der Waals surface area contributed by atoms with Crippen LogP contribution in [0.3, 0.4) is 0 Å². The van der Waals surface area contributed by atoms with E-state index in [-0.39, 0.29) is 28.0 Å². The number of aryl methyl sites for hydroxylation is 1. The molecule has 1 aromatic carbocycles. The highest BCUT2D eigenvalue weighted by Crippen LogP contribution is 2.32. The molecule has 130 valence electrons. The van der Waals surface area contributed by atoms with Gasteiger partial charge < -0.3 is 11.1 Å². The first-order valence-corrected chi connectivity index (χ1v) is 9.33. The van der Waals surface area contributed by atoms with E-state index in [2.05, 4.69) is 10.3 Å². The van der Waals surface area contributed by atoms with Crippen molar-refractivity contribution in [3.8, 4) is 0 Å². The summed E-state index contributed by atoms with van der Waals surface area (Å²) < 4.78 is 27.6. The molecule has 0 bridgehead atoms. The van der Waals surface area contributed by atoms with Crippen molar-refractivity contribution in [3.05, 3.63) is 55.6 Å². The van der Waals surface area contributed by atoms with E-state index < -0.39 is 11.6 Å². The third-order valence-electron chi connectivity index (χ3n) is 3.71. The lowest BCUT2D eigenvalue weighted by Crippen LogP contribution is -2.25. The largest absolute Gasteiger partial charge is 0.397 e. The van der Waals surface area contributed by atoms with Crippen LogP contribution in [0.15, 0.2) is 24.3 Å². The molecule has 2 heterocycles. The fourth-order valence-electron chi connectivity index (χ4n) is 2.40. The Kier molecular flexibility index (Phi) is 5.19. The van der Waals surface area contributed by atoms with E-state index >= 15 is 0 Å². The lowest BCUT2D eigenvalue weighted by Gasteiger charge is -2.07. The van der Waals surface area contributed by atoms with Crippen LogP contribution in [-0.4, -0.2) is 17.4 Å². The van der Waals surface area contributed by atoms with Gasteiger partial charge in [0.25, 0.3) is 5.91 Å². The summed E-state index contributed by atoms with van der Waals surface area (Å²) in [5.74, 6) is -1.30. The number of hydrogen-bond donors (Lipinski definition) is 2. The second-order valence-electron chi connectivity index (χ2n) is 5.51. The quantitative estimate of drug-likeness (QED) is 0.444. The van der Waals surface area contributed by atoms with Crippen molar-refractivity contribution < 1.29 is 13.6 Å². The smallest absolute Gasteiger partial charge is 0.263 e. The summed E-state index contributed by atoms with van der Waals surface area (Å²) in [4.78, 5) is 17.8. The predicted octanol–water partition coefficient (Wildman–Crippen LogP) is 4.04. The first kappa shape index (κ1) is 18.0. The van der Waals surface area contributed by atoms with Gasteiger partial charge in [-0.05, 0) is 65.8 Å². The van der Waals surface area contributed by atoms with Gasteiger partial charge in [0.1, 0.15) is 21.3 Å². The van der Waals surface area contributed by atoms with E-state index in [0.29, 0.717) is 15.4 Å². The van der Waals surface area contributed by atoms with Gasteiger partial charge in [-0.3, -0.25) is 4.79 Å². The number of halogens is 3. The molecule has 0 radical (unpaired) electrons. The van der Waals surface area contributed by atoms with E-state index in [4.69, 9.17) is 5.73 Å². The van der Waals surface area contributed by atoms with Crippen molar-refractivity contribution in [2.45, 2.75) is 13.3 Å². The number of rotatable bonds is 4. The van der Waals surface area contributed by atoms with E-state index in [1.807, 2.05) is 19.1 Å². The fourth-order valence-corrected chi connectivity index (χ4v) is 3.89. The van der Waals surface area contributed by atoms with Crippen molar-refractivity contribution in [1.82, 2.24) is 10.3 Å². The summed E-state index contributed by atoms with van der Waals surface area (Å²) in [5.41, 5.74) is 7.48. The molecule has 0 spiro atoms. The van der Waals surface area contributed by atoms with Gasteiger partial charge in [-0.1, -0.05) is 0 Å². The molecule has 0 saturated carbocycles. The van der Waals surface area contributed by atoms with Gasteiger partial charge in [-0.25, -0.2) is 13.8 Å². The Bertz CT molecular complexity index is 974. The number of carbonyl (C=O) groups excluding carboxylic acids is 1. The van der Waals surface area contributed by atoms with Crippen LogP contribution in [-0.2, 0) is 6.42 Å². The van der Waals surface area contributed by atoms with E-state index in [9.17, 15) is 13.6 Å². The predicted molar refractivity (Wildman–Crippen MR) is 104 cm³/mol. The number of amides is 1. The molecule has 1 amide bonds. The monoisotopic (exact) mass is 473 g/mol. The van der Waals surface area contributed by atoms with Crippen LogP contribution < -0.4 is 11.1 Å². The molecule has 3 N–H and O–H groups in total. The normalized spacial score (nSPS) is 11.0. The van der Waals surface area contributed by atoms with Gasteiger partial charge in [0.2, 0.25) is 0 Å². The van der Waals surface area contributed by atoms with E-state index in [1.165, 1.54) is 11.3 Å². The van der Waals surface area contributed by atoms with Crippen molar-refractivity contribution in [1.29, 1.82) is 0 Å². The number of thiophene rings is 1. The summed E-state index contributed by atoms with van der Waals surface area (Å²) in [6.07, 6.45) is 0.188. The minimum atomic E-state index is -0.485. The lowest BCUT2D eigenvalue weighted by atomic mass is 10.1. The first-order chi connectivity index (χ1) is 11.9. The Morgan fingerprint density at radius 1 is 1.32 bits per heavy atom. The molecule has 0 atom stereocenters. The number of fused-ring (bicyclic) bond motifs is 1. The Morgan fingerprint density at radius 2 is 2.08 bits per heavy atom. The molecule has 0 unspecified atom stereocenters. The number of nitrogens with zero attached hydrogens (tertiary/aromatic N) is 1. The molecule has 3 rings (SSSR count). The number of nitrogens with two attached hydrogens (primary N) is 1. The summed E-state index contributed by atoms with van der Waals surface area (Å²) in [5, 5.41) is 3.44. The third-order valence-corrected chi connectivity index (χ3v) is 5.65. The number of benzene rings is 1. The Morgan fingerprint density at radius 3 is 2.84 bits per heavy atom. The fraction of sp³-hybridized carbons (Fsp3) is 0.176. The van der Waals surface area contributed by atoms with Crippen molar-refractivity contribution in [2.24, 2.45) is 0 Å². The Labute approximate surface area is 160 Å². The van der Waals surface area contributed by atoms with E-state index in [0.717, 1.165) is 23.2 Å². The number of pyridine rings is 1.